The van der Waals surface area contributed by atoms with E-state index in [1.54, 1.807) is 0 Å². The van der Waals surface area contributed by atoms with E-state index in [4.69, 9.17) is 16.3 Å². The van der Waals surface area contributed by atoms with E-state index in [-0.39, 0.29) is 0 Å². The molecule has 20 heavy (non-hydrogen) atoms. The van der Waals surface area contributed by atoms with Crippen LogP contribution in [0, 0.1) is 0 Å². The average Bonchev–Trinajstić information content (AvgIpc) is 2.46. The Labute approximate surface area is 132 Å². The van der Waals surface area contributed by atoms with E-state index >= 15 is 0 Å². The van der Waals surface area contributed by atoms with Crippen molar-refractivity contribution in [3.63, 3.8) is 0 Å². The Morgan fingerprint density at radius 3 is 2.95 bits per heavy atom. The van der Waals surface area contributed by atoms with Crippen molar-refractivity contribution in [3.05, 3.63) is 57.5 Å². The summed E-state index contributed by atoms with van der Waals surface area (Å²) in [6, 6.07) is 14.1. The lowest BCUT2D eigenvalue weighted by molar-refractivity contribution is 0.270. The highest BCUT2D eigenvalue weighted by molar-refractivity contribution is 9.10. The first-order valence-electron chi connectivity index (χ1n) is 6.64. The van der Waals surface area contributed by atoms with Crippen LogP contribution in [-0.2, 0) is 0 Å². The van der Waals surface area contributed by atoms with E-state index in [0.717, 1.165) is 40.5 Å². The molecule has 1 aliphatic rings. The van der Waals surface area contributed by atoms with Crippen molar-refractivity contribution in [1.29, 1.82) is 0 Å². The van der Waals surface area contributed by atoms with Crippen LogP contribution in [0.15, 0.2) is 46.9 Å². The Balaban J connectivity index is 1.73. The second kappa shape index (κ2) is 6.06. The molecule has 1 aliphatic heterocycles. The number of hydrogen-bond donors (Lipinski definition) is 1. The fourth-order valence-electron chi connectivity index (χ4n) is 2.49. The molecule has 0 fully saturated rings. The Hall–Kier alpha value is -1.19. The van der Waals surface area contributed by atoms with Gasteiger partial charge in [-0.05, 0) is 36.2 Å². The summed E-state index contributed by atoms with van der Waals surface area (Å²) in [5.74, 6) is 1.46. The fraction of sp³-hybridized carbons (Fsp3) is 0.250. The molecular weight excluding hydrogens is 338 g/mol. The van der Waals surface area contributed by atoms with Gasteiger partial charge in [0.05, 0.1) is 17.3 Å². The summed E-state index contributed by atoms with van der Waals surface area (Å²) in [6.45, 7) is 1.64. The molecule has 0 aliphatic carbocycles. The van der Waals surface area contributed by atoms with Crippen LogP contribution in [0.3, 0.4) is 0 Å². The molecule has 3 rings (SSSR count). The normalized spacial score (nSPS) is 17.2. The molecule has 1 heterocycles. The van der Waals surface area contributed by atoms with Gasteiger partial charge in [0, 0.05) is 16.9 Å². The van der Waals surface area contributed by atoms with Gasteiger partial charge in [-0.25, -0.2) is 0 Å². The van der Waals surface area contributed by atoms with Crippen LogP contribution in [0.25, 0.3) is 0 Å². The van der Waals surface area contributed by atoms with Crippen LogP contribution in [-0.4, -0.2) is 13.2 Å². The molecule has 2 aromatic carbocycles. The van der Waals surface area contributed by atoms with Gasteiger partial charge in [-0.2, -0.15) is 0 Å². The van der Waals surface area contributed by atoms with Crippen molar-refractivity contribution in [2.45, 2.75) is 12.3 Å². The first kappa shape index (κ1) is 13.8. The Bertz CT molecular complexity index is 617. The largest absolute Gasteiger partial charge is 0.493 e. The van der Waals surface area contributed by atoms with Crippen molar-refractivity contribution in [2.75, 3.05) is 18.5 Å². The quantitative estimate of drug-likeness (QED) is 0.831. The van der Waals surface area contributed by atoms with Crippen LogP contribution in [0.4, 0.5) is 5.69 Å². The summed E-state index contributed by atoms with van der Waals surface area (Å²) in [4.78, 5) is 0. The molecule has 0 amide bonds. The highest BCUT2D eigenvalue weighted by Gasteiger charge is 2.20. The molecule has 1 N–H and O–H groups in total. The zero-order valence-corrected chi connectivity index (χ0v) is 13.2. The summed E-state index contributed by atoms with van der Waals surface area (Å²) in [7, 11) is 0. The van der Waals surface area contributed by atoms with E-state index in [1.807, 2.05) is 30.3 Å². The molecule has 0 spiro atoms. The third kappa shape index (κ3) is 2.94. The maximum Gasteiger partial charge on any atom is 0.122 e. The second-order valence-corrected chi connectivity index (χ2v) is 6.20. The van der Waals surface area contributed by atoms with Crippen LogP contribution in [0.5, 0.6) is 5.75 Å². The molecule has 1 unspecified atom stereocenters. The summed E-state index contributed by atoms with van der Waals surface area (Å²) in [5.41, 5.74) is 2.25. The van der Waals surface area contributed by atoms with Crippen LogP contribution >= 0.6 is 27.5 Å². The zero-order chi connectivity index (χ0) is 13.9. The number of nitrogens with one attached hydrogen (secondary N) is 1. The van der Waals surface area contributed by atoms with Crippen LogP contribution in [0.1, 0.15) is 17.9 Å². The predicted octanol–water partition coefficient (Wildman–Crippen LogP) is 5.08. The Kier molecular flexibility index (Phi) is 4.18. The molecule has 0 saturated heterocycles. The fourth-order valence-corrected chi connectivity index (χ4v) is 3.23. The van der Waals surface area contributed by atoms with E-state index < -0.39 is 0 Å². The van der Waals surface area contributed by atoms with E-state index in [0.29, 0.717) is 5.92 Å². The van der Waals surface area contributed by atoms with E-state index in [1.165, 1.54) is 5.56 Å². The summed E-state index contributed by atoms with van der Waals surface area (Å²) >= 11 is 9.65. The minimum absolute atomic E-state index is 0.458. The smallest absolute Gasteiger partial charge is 0.122 e. The molecular formula is C16H15BrClNO. The number of fused-ring (bicyclic) bond motifs is 1. The number of halogens is 2. The third-order valence-corrected chi connectivity index (χ3v) is 4.36. The van der Waals surface area contributed by atoms with Crippen molar-refractivity contribution in [3.8, 4) is 5.75 Å². The molecule has 1 atom stereocenters. The van der Waals surface area contributed by atoms with Gasteiger partial charge in [-0.1, -0.05) is 45.7 Å². The number of para-hydroxylation sites is 1. The number of ether oxygens (including phenoxy) is 1. The number of benzene rings is 2. The second-order valence-electron chi connectivity index (χ2n) is 4.88. The first-order chi connectivity index (χ1) is 9.74. The average molecular weight is 353 g/mol. The minimum atomic E-state index is 0.458. The SMILES string of the molecule is Clc1cc(Br)ccc1NCC1CCOc2ccccc21. The molecule has 4 heteroatoms. The minimum Gasteiger partial charge on any atom is -0.493 e. The summed E-state index contributed by atoms with van der Waals surface area (Å²) in [6.07, 6.45) is 1.03. The van der Waals surface area contributed by atoms with Crippen molar-refractivity contribution in [1.82, 2.24) is 0 Å². The monoisotopic (exact) mass is 351 g/mol. The van der Waals surface area contributed by atoms with Crippen LogP contribution < -0.4 is 10.1 Å². The van der Waals surface area contributed by atoms with E-state index in [9.17, 15) is 0 Å². The van der Waals surface area contributed by atoms with Crippen molar-refractivity contribution < 1.29 is 4.74 Å². The molecule has 0 bridgehead atoms. The molecule has 0 aromatic heterocycles. The summed E-state index contributed by atoms with van der Waals surface area (Å²) in [5, 5.41) is 4.18. The van der Waals surface area contributed by atoms with Gasteiger partial charge in [-0.15, -0.1) is 0 Å². The predicted molar refractivity (Wildman–Crippen MR) is 86.9 cm³/mol. The number of hydrogen-bond acceptors (Lipinski definition) is 2. The van der Waals surface area contributed by atoms with Crippen molar-refractivity contribution in [2.24, 2.45) is 0 Å². The third-order valence-electron chi connectivity index (χ3n) is 3.55. The van der Waals surface area contributed by atoms with Gasteiger partial charge in [0.2, 0.25) is 0 Å². The lowest BCUT2D eigenvalue weighted by atomic mass is 9.93. The Morgan fingerprint density at radius 2 is 2.10 bits per heavy atom. The summed E-state index contributed by atoms with van der Waals surface area (Å²) < 4.78 is 6.68. The molecule has 0 saturated carbocycles. The maximum absolute atomic E-state index is 6.23. The van der Waals surface area contributed by atoms with Gasteiger partial charge < -0.3 is 10.1 Å². The lowest BCUT2D eigenvalue weighted by Crippen LogP contribution is -2.20. The molecule has 0 radical (unpaired) electrons. The standard InChI is InChI=1S/C16H15BrClNO/c17-12-5-6-15(14(18)9-12)19-10-11-7-8-20-16-4-2-1-3-13(11)16/h1-6,9,11,19H,7-8,10H2. The zero-order valence-electron chi connectivity index (χ0n) is 10.9. The topological polar surface area (TPSA) is 21.3 Å². The number of anilines is 1. The first-order valence-corrected chi connectivity index (χ1v) is 7.82. The number of rotatable bonds is 3. The maximum atomic E-state index is 6.23. The van der Waals surface area contributed by atoms with Gasteiger partial charge in [0.15, 0.2) is 0 Å². The molecule has 2 aromatic rings. The molecule has 2 nitrogen and oxygen atoms in total. The Morgan fingerprint density at radius 1 is 1.25 bits per heavy atom. The van der Waals surface area contributed by atoms with Crippen molar-refractivity contribution >= 4 is 33.2 Å². The van der Waals surface area contributed by atoms with Crippen LogP contribution in [0.2, 0.25) is 5.02 Å². The molecule has 104 valence electrons. The van der Waals surface area contributed by atoms with E-state index in [2.05, 4.69) is 33.4 Å². The van der Waals surface area contributed by atoms with Gasteiger partial charge in [0.25, 0.3) is 0 Å². The lowest BCUT2D eigenvalue weighted by Gasteiger charge is -2.26. The highest BCUT2D eigenvalue weighted by atomic mass is 79.9. The highest BCUT2D eigenvalue weighted by Crippen LogP contribution is 2.34. The van der Waals surface area contributed by atoms with Gasteiger partial charge in [0.1, 0.15) is 5.75 Å². The van der Waals surface area contributed by atoms with Gasteiger partial charge in [-0.3, -0.25) is 0 Å². The van der Waals surface area contributed by atoms with Gasteiger partial charge >= 0.3 is 0 Å².